The fourth-order valence-corrected chi connectivity index (χ4v) is 2.68. The molecule has 0 fully saturated rings. The number of unbranched alkanes of at least 4 members (excludes halogenated alkanes) is 1. The Morgan fingerprint density at radius 1 is 1.03 bits per heavy atom. The molecule has 0 aromatic heterocycles. The molecule has 174 valence electrons. The molecule has 0 aliphatic rings. The maximum Gasteiger partial charge on any atom is 0.490 e. The topological polar surface area (TPSA) is 107 Å². The van der Waals surface area contributed by atoms with Crippen LogP contribution in [0.15, 0.2) is 46.9 Å². The lowest BCUT2D eigenvalue weighted by atomic mass is 10.1. The standard InChI is InChI=1S/C19H21BrN2O3.C2HF3O2/c1-3-4-11-22(2)17-10-7-14(19(24)25)12-16(17)21-18(23)13-5-8-15(20)9-6-13;3-2(4,5)1(6)7/h5-10,12H,3-4,11H2,1-2H3,(H,21,23)(H,24,25);(H,6,7). The number of halogens is 4. The molecule has 3 N–H and O–H groups in total. The van der Waals surface area contributed by atoms with Gasteiger partial charge in [0, 0.05) is 23.6 Å². The Balaban J connectivity index is 0.000000633. The summed E-state index contributed by atoms with van der Waals surface area (Å²) in [5, 5.41) is 19.2. The number of aliphatic carboxylic acids is 1. The minimum absolute atomic E-state index is 0.138. The number of hydrogen-bond acceptors (Lipinski definition) is 4. The Hall–Kier alpha value is -3.08. The SMILES string of the molecule is CCCCN(C)c1ccc(C(=O)O)cc1NC(=O)c1ccc(Br)cc1.O=C(O)C(F)(F)F. The number of alkyl halides is 3. The van der Waals surface area contributed by atoms with Gasteiger partial charge >= 0.3 is 18.1 Å². The highest BCUT2D eigenvalue weighted by Crippen LogP contribution is 2.27. The summed E-state index contributed by atoms with van der Waals surface area (Å²) >= 11 is 3.34. The second-order valence-corrected chi connectivity index (χ2v) is 7.49. The molecule has 2 aromatic rings. The zero-order valence-electron chi connectivity index (χ0n) is 17.2. The van der Waals surface area contributed by atoms with E-state index in [1.165, 1.54) is 6.07 Å². The summed E-state index contributed by atoms with van der Waals surface area (Å²) in [5.41, 5.74) is 1.93. The number of rotatable bonds is 7. The second kappa shape index (κ2) is 12.1. The Morgan fingerprint density at radius 3 is 2.03 bits per heavy atom. The van der Waals surface area contributed by atoms with Crippen molar-refractivity contribution in [1.82, 2.24) is 0 Å². The number of anilines is 2. The third kappa shape index (κ3) is 8.58. The molecule has 0 radical (unpaired) electrons. The average molecular weight is 519 g/mol. The van der Waals surface area contributed by atoms with E-state index < -0.39 is 18.1 Å². The molecule has 0 bridgehead atoms. The molecule has 2 aromatic carbocycles. The van der Waals surface area contributed by atoms with E-state index in [-0.39, 0.29) is 11.5 Å². The number of benzene rings is 2. The minimum Gasteiger partial charge on any atom is -0.478 e. The molecule has 0 saturated carbocycles. The highest BCUT2D eigenvalue weighted by molar-refractivity contribution is 9.10. The lowest BCUT2D eigenvalue weighted by Gasteiger charge is -2.23. The Labute approximate surface area is 191 Å². The maximum atomic E-state index is 12.5. The first-order chi connectivity index (χ1) is 14.9. The molecule has 0 spiro atoms. The van der Waals surface area contributed by atoms with Crippen molar-refractivity contribution in [3.63, 3.8) is 0 Å². The molecule has 32 heavy (non-hydrogen) atoms. The van der Waals surface area contributed by atoms with Crippen LogP contribution in [0.5, 0.6) is 0 Å². The molecule has 2 rings (SSSR count). The number of hydrogen-bond donors (Lipinski definition) is 3. The van der Waals surface area contributed by atoms with E-state index in [9.17, 15) is 27.9 Å². The third-order valence-electron chi connectivity index (χ3n) is 4.10. The van der Waals surface area contributed by atoms with Crippen molar-refractivity contribution in [3.05, 3.63) is 58.1 Å². The van der Waals surface area contributed by atoms with E-state index in [4.69, 9.17) is 9.90 Å². The summed E-state index contributed by atoms with van der Waals surface area (Å²) in [7, 11) is 1.93. The number of carbonyl (C=O) groups excluding carboxylic acids is 1. The number of amides is 1. The van der Waals surface area contributed by atoms with E-state index in [1.807, 2.05) is 11.9 Å². The van der Waals surface area contributed by atoms with Crippen molar-refractivity contribution in [2.45, 2.75) is 25.9 Å². The highest BCUT2D eigenvalue weighted by Gasteiger charge is 2.38. The van der Waals surface area contributed by atoms with Crippen LogP contribution in [0.1, 0.15) is 40.5 Å². The van der Waals surface area contributed by atoms with Crippen molar-refractivity contribution in [3.8, 4) is 0 Å². The van der Waals surface area contributed by atoms with E-state index >= 15 is 0 Å². The van der Waals surface area contributed by atoms with E-state index in [0.29, 0.717) is 11.3 Å². The summed E-state index contributed by atoms with van der Waals surface area (Å²) in [4.78, 5) is 34.7. The van der Waals surface area contributed by atoms with Crippen LogP contribution < -0.4 is 10.2 Å². The first-order valence-corrected chi connectivity index (χ1v) is 10.1. The van der Waals surface area contributed by atoms with Gasteiger partial charge in [-0.1, -0.05) is 29.3 Å². The number of aromatic carboxylic acids is 1. The fourth-order valence-electron chi connectivity index (χ4n) is 2.41. The van der Waals surface area contributed by atoms with Crippen molar-refractivity contribution >= 4 is 45.2 Å². The minimum atomic E-state index is -5.08. The molecular formula is C21H22BrF3N2O5. The van der Waals surface area contributed by atoms with E-state index in [2.05, 4.69) is 28.2 Å². The summed E-state index contributed by atoms with van der Waals surface area (Å²) in [5.74, 6) is -4.06. The summed E-state index contributed by atoms with van der Waals surface area (Å²) in [6, 6.07) is 11.8. The van der Waals surface area contributed by atoms with Gasteiger partial charge < -0.3 is 20.4 Å². The van der Waals surface area contributed by atoms with Crippen LogP contribution in [0.25, 0.3) is 0 Å². The van der Waals surface area contributed by atoms with Crippen molar-refractivity contribution in [2.24, 2.45) is 0 Å². The molecule has 7 nitrogen and oxygen atoms in total. The lowest BCUT2D eigenvalue weighted by Crippen LogP contribution is -2.22. The van der Waals surface area contributed by atoms with Gasteiger partial charge in [0.2, 0.25) is 0 Å². The van der Waals surface area contributed by atoms with Crippen LogP contribution in [-0.2, 0) is 4.79 Å². The molecule has 11 heteroatoms. The molecular weight excluding hydrogens is 497 g/mol. The monoisotopic (exact) mass is 518 g/mol. The number of carboxylic acid groups (broad SMARTS) is 2. The normalized spacial score (nSPS) is 10.6. The number of carbonyl (C=O) groups is 3. The molecule has 1 amide bonds. The first kappa shape index (κ1) is 27.0. The van der Waals surface area contributed by atoms with Gasteiger partial charge in [-0.2, -0.15) is 13.2 Å². The van der Waals surface area contributed by atoms with Gasteiger partial charge in [-0.05, 0) is 48.9 Å². The predicted molar refractivity (Wildman–Crippen MR) is 117 cm³/mol. The third-order valence-corrected chi connectivity index (χ3v) is 4.63. The largest absolute Gasteiger partial charge is 0.490 e. The highest BCUT2D eigenvalue weighted by atomic mass is 79.9. The van der Waals surface area contributed by atoms with Crippen LogP contribution in [-0.4, -0.2) is 47.8 Å². The van der Waals surface area contributed by atoms with Gasteiger partial charge in [0.1, 0.15) is 0 Å². The van der Waals surface area contributed by atoms with Crippen LogP contribution in [0, 0.1) is 0 Å². The van der Waals surface area contributed by atoms with Crippen LogP contribution >= 0.6 is 15.9 Å². The zero-order valence-corrected chi connectivity index (χ0v) is 18.8. The molecule has 0 unspecified atom stereocenters. The van der Waals surface area contributed by atoms with Crippen molar-refractivity contribution in [1.29, 1.82) is 0 Å². The summed E-state index contributed by atoms with van der Waals surface area (Å²) in [6.45, 7) is 2.93. The van der Waals surface area contributed by atoms with E-state index in [1.54, 1.807) is 36.4 Å². The summed E-state index contributed by atoms with van der Waals surface area (Å²) in [6.07, 6.45) is -3.02. The Bertz CT molecular complexity index is 949. The fraction of sp³-hybridized carbons (Fsp3) is 0.286. The van der Waals surface area contributed by atoms with E-state index in [0.717, 1.165) is 29.5 Å². The zero-order chi connectivity index (χ0) is 24.5. The van der Waals surface area contributed by atoms with Gasteiger partial charge in [0.15, 0.2) is 0 Å². The Morgan fingerprint density at radius 2 is 1.56 bits per heavy atom. The van der Waals surface area contributed by atoms with Gasteiger partial charge in [-0.3, -0.25) is 4.79 Å². The van der Waals surface area contributed by atoms with Crippen LogP contribution in [0.3, 0.4) is 0 Å². The molecule has 0 aliphatic heterocycles. The molecule has 0 saturated heterocycles. The van der Waals surface area contributed by atoms with Crippen LogP contribution in [0.2, 0.25) is 0 Å². The lowest BCUT2D eigenvalue weighted by molar-refractivity contribution is -0.192. The molecule has 0 atom stereocenters. The number of nitrogens with one attached hydrogen (secondary N) is 1. The second-order valence-electron chi connectivity index (χ2n) is 6.58. The number of nitrogens with zero attached hydrogens (tertiary/aromatic N) is 1. The molecule has 0 heterocycles. The van der Waals surface area contributed by atoms with Gasteiger partial charge in [0.25, 0.3) is 5.91 Å². The van der Waals surface area contributed by atoms with Gasteiger partial charge in [0.05, 0.1) is 16.9 Å². The summed E-state index contributed by atoms with van der Waals surface area (Å²) < 4.78 is 32.6. The number of carboxylic acids is 2. The smallest absolute Gasteiger partial charge is 0.478 e. The maximum absolute atomic E-state index is 12.5. The molecule has 0 aliphatic carbocycles. The predicted octanol–water partition coefficient (Wildman–Crippen LogP) is 5.27. The van der Waals surface area contributed by atoms with Gasteiger partial charge in [-0.15, -0.1) is 0 Å². The van der Waals surface area contributed by atoms with Gasteiger partial charge in [-0.25, -0.2) is 9.59 Å². The Kier molecular flexibility index (Phi) is 10.2. The first-order valence-electron chi connectivity index (χ1n) is 9.32. The average Bonchev–Trinajstić information content (AvgIpc) is 2.72. The van der Waals surface area contributed by atoms with Crippen molar-refractivity contribution in [2.75, 3.05) is 23.8 Å². The van der Waals surface area contributed by atoms with Crippen molar-refractivity contribution < 1.29 is 37.8 Å². The quantitative estimate of drug-likeness (QED) is 0.460. The van der Waals surface area contributed by atoms with Crippen LogP contribution in [0.4, 0.5) is 24.5 Å².